The Bertz CT molecular complexity index is 248. The summed E-state index contributed by atoms with van der Waals surface area (Å²) in [7, 11) is 0. The molecule has 0 aromatic rings. The van der Waals surface area contributed by atoms with E-state index in [4.69, 9.17) is 0 Å². The third-order valence-corrected chi connectivity index (χ3v) is 3.07. The largest absolute Gasteiger partial charge is 0.337 e. The van der Waals surface area contributed by atoms with Crippen LogP contribution in [-0.2, 0) is 4.79 Å². The molecule has 0 unspecified atom stereocenters. The van der Waals surface area contributed by atoms with E-state index in [1.807, 2.05) is 13.8 Å². The lowest BCUT2D eigenvalue weighted by molar-refractivity contribution is -0.137. The summed E-state index contributed by atoms with van der Waals surface area (Å²) in [5, 5.41) is 0. The minimum Gasteiger partial charge on any atom is -0.337 e. The van der Waals surface area contributed by atoms with Gasteiger partial charge in [-0.25, -0.2) is 0 Å². The molecule has 0 aromatic heterocycles. The van der Waals surface area contributed by atoms with Gasteiger partial charge in [-0.3, -0.25) is 4.79 Å². The van der Waals surface area contributed by atoms with Gasteiger partial charge in [0.05, 0.1) is 0 Å². The second-order valence-electron chi connectivity index (χ2n) is 6.75. The molecule has 0 radical (unpaired) electrons. The van der Waals surface area contributed by atoms with E-state index in [9.17, 15) is 4.79 Å². The van der Waals surface area contributed by atoms with Crippen LogP contribution in [0.5, 0.6) is 0 Å². The molecule has 1 atom stereocenters. The third-order valence-electron chi connectivity index (χ3n) is 3.07. The molecule has 1 fully saturated rings. The lowest BCUT2D eigenvalue weighted by Crippen LogP contribution is -2.44. The predicted octanol–water partition coefficient (Wildman–Crippen LogP) is 3.46. The minimum absolute atomic E-state index is 0.128. The number of amides is 1. The second kappa shape index (κ2) is 4.77. The van der Waals surface area contributed by atoms with Gasteiger partial charge < -0.3 is 4.90 Å². The summed E-state index contributed by atoms with van der Waals surface area (Å²) < 4.78 is 0. The van der Waals surface area contributed by atoms with Crippen LogP contribution in [0.2, 0.25) is 0 Å². The Morgan fingerprint density at radius 2 is 1.75 bits per heavy atom. The number of carbonyl (C=O) groups excluding carboxylic acids is 1. The summed E-state index contributed by atoms with van der Waals surface area (Å²) in [6.07, 6.45) is 3.49. The maximum absolute atomic E-state index is 12.2. The van der Waals surface area contributed by atoms with Crippen molar-refractivity contribution >= 4 is 5.91 Å². The van der Waals surface area contributed by atoms with Crippen molar-refractivity contribution in [3.05, 3.63) is 0 Å². The van der Waals surface area contributed by atoms with Gasteiger partial charge in [0.25, 0.3) is 0 Å². The van der Waals surface area contributed by atoms with Crippen molar-refractivity contribution < 1.29 is 4.79 Å². The number of carbonyl (C=O) groups is 1. The Morgan fingerprint density at radius 3 is 2.06 bits per heavy atom. The smallest absolute Gasteiger partial charge is 0.225 e. The Hall–Kier alpha value is -0.530. The number of hydrogen-bond acceptors (Lipinski definition) is 1. The SMILES string of the molecule is CC(C)C(=O)N(C1CC1)[C@@H](C)CC(C)(C)C. The van der Waals surface area contributed by atoms with Crippen LogP contribution in [0.1, 0.15) is 60.8 Å². The molecule has 1 amide bonds. The lowest BCUT2D eigenvalue weighted by atomic mass is 9.88. The fraction of sp³-hybridized carbons (Fsp3) is 0.929. The van der Waals surface area contributed by atoms with E-state index in [2.05, 4.69) is 32.6 Å². The van der Waals surface area contributed by atoms with Gasteiger partial charge in [-0.05, 0) is 31.6 Å². The summed E-state index contributed by atoms with van der Waals surface area (Å²) >= 11 is 0. The summed E-state index contributed by atoms with van der Waals surface area (Å²) in [5.74, 6) is 0.460. The first-order valence-corrected chi connectivity index (χ1v) is 6.54. The highest BCUT2D eigenvalue weighted by Gasteiger charge is 2.37. The molecule has 16 heavy (non-hydrogen) atoms. The molecule has 1 aliphatic carbocycles. The van der Waals surface area contributed by atoms with E-state index in [0.29, 0.717) is 23.4 Å². The molecule has 2 nitrogen and oxygen atoms in total. The van der Waals surface area contributed by atoms with Crippen molar-refractivity contribution in [3.8, 4) is 0 Å². The molecule has 0 aliphatic heterocycles. The van der Waals surface area contributed by atoms with Crippen LogP contribution in [0.15, 0.2) is 0 Å². The van der Waals surface area contributed by atoms with Gasteiger partial charge >= 0.3 is 0 Å². The van der Waals surface area contributed by atoms with Crippen LogP contribution >= 0.6 is 0 Å². The quantitative estimate of drug-likeness (QED) is 0.717. The highest BCUT2D eigenvalue weighted by atomic mass is 16.2. The molecule has 0 aromatic carbocycles. The van der Waals surface area contributed by atoms with Crippen molar-refractivity contribution in [2.75, 3.05) is 0 Å². The molecule has 0 saturated heterocycles. The monoisotopic (exact) mass is 225 g/mol. The summed E-state index contributed by atoms with van der Waals surface area (Å²) in [6.45, 7) is 12.9. The first-order valence-electron chi connectivity index (χ1n) is 6.54. The number of hydrogen-bond donors (Lipinski definition) is 0. The highest BCUT2D eigenvalue weighted by Crippen LogP contribution is 2.33. The Labute approximate surface area is 100 Å². The molecular weight excluding hydrogens is 198 g/mol. The zero-order valence-electron chi connectivity index (χ0n) is 11.7. The van der Waals surface area contributed by atoms with Crippen LogP contribution < -0.4 is 0 Å². The van der Waals surface area contributed by atoms with Gasteiger partial charge in [-0.1, -0.05) is 34.6 Å². The van der Waals surface area contributed by atoms with Crippen molar-refractivity contribution in [2.24, 2.45) is 11.3 Å². The average Bonchev–Trinajstić information content (AvgIpc) is 2.84. The fourth-order valence-corrected chi connectivity index (χ4v) is 2.39. The molecule has 1 rings (SSSR count). The van der Waals surface area contributed by atoms with Crippen LogP contribution in [0.3, 0.4) is 0 Å². The van der Waals surface area contributed by atoms with Crippen molar-refractivity contribution in [2.45, 2.75) is 72.9 Å². The summed E-state index contributed by atoms with van der Waals surface area (Å²) in [6, 6.07) is 0.912. The first-order chi connectivity index (χ1) is 7.22. The minimum atomic E-state index is 0.128. The third kappa shape index (κ3) is 3.80. The average molecular weight is 225 g/mol. The van der Waals surface area contributed by atoms with Crippen molar-refractivity contribution in [1.82, 2.24) is 4.90 Å². The van der Waals surface area contributed by atoms with Gasteiger partial charge in [0, 0.05) is 18.0 Å². The van der Waals surface area contributed by atoms with Gasteiger partial charge in [-0.15, -0.1) is 0 Å². The zero-order chi connectivity index (χ0) is 12.5. The molecule has 0 heterocycles. The van der Waals surface area contributed by atoms with Gasteiger partial charge in [-0.2, -0.15) is 0 Å². The van der Waals surface area contributed by atoms with E-state index >= 15 is 0 Å². The van der Waals surface area contributed by atoms with Gasteiger partial charge in [0.2, 0.25) is 5.91 Å². The van der Waals surface area contributed by atoms with Crippen LogP contribution in [0, 0.1) is 11.3 Å². The molecule has 94 valence electrons. The number of rotatable bonds is 4. The van der Waals surface area contributed by atoms with Gasteiger partial charge in [0.15, 0.2) is 0 Å². The summed E-state index contributed by atoms with van der Waals surface area (Å²) in [5.41, 5.74) is 0.295. The standard InChI is InChI=1S/C14H27NO/c1-10(2)13(16)15(12-7-8-12)11(3)9-14(4,5)6/h10-12H,7-9H2,1-6H3/t11-/m0/s1. The first kappa shape index (κ1) is 13.5. The summed E-state index contributed by atoms with van der Waals surface area (Å²) in [4.78, 5) is 14.3. The fourth-order valence-electron chi connectivity index (χ4n) is 2.39. The van der Waals surface area contributed by atoms with Crippen LogP contribution in [0.25, 0.3) is 0 Å². The molecule has 1 aliphatic rings. The van der Waals surface area contributed by atoms with Crippen molar-refractivity contribution in [3.63, 3.8) is 0 Å². The van der Waals surface area contributed by atoms with E-state index in [0.717, 1.165) is 6.42 Å². The molecule has 2 heteroatoms. The Kier molecular flexibility index (Phi) is 4.03. The molecular formula is C14H27NO. The maximum Gasteiger partial charge on any atom is 0.225 e. The lowest BCUT2D eigenvalue weighted by Gasteiger charge is -2.34. The Balaban J connectivity index is 2.66. The van der Waals surface area contributed by atoms with E-state index in [1.165, 1.54) is 12.8 Å². The Morgan fingerprint density at radius 1 is 1.25 bits per heavy atom. The number of nitrogens with zero attached hydrogens (tertiary/aromatic N) is 1. The van der Waals surface area contributed by atoms with Crippen LogP contribution in [0.4, 0.5) is 0 Å². The van der Waals surface area contributed by atoms with E-state index in [1.54, 1.807) is 0 Å². The maximum atomic E-state index is 12.2. The molecule has 0 bridgehead atoms. The predicted molar refractivity (Wildman–Crippen MR) is 68.2 cm³/mol. The van der Waals surface area contributed by atoms with Gasteiger partial charge in [0.1, 0.15) is 0 Å². The highest BCUT2D eigenvalue weighted by molar-refractivity contribution is 5.79. The molecule has 1 saturated carbocycles. The van der Waals surface area contributed by atoms with E-state index < -0.39 is 0 Å². The normalized spacial score (nSPS) is 18.7. The van der Waals surface area contributed by atoms with Crippen LogP contribution in [-0.4, -0.2) is 22.9 Å². The zero-order valence-corrected chi connectivity index (χ0v) is 11.7. The van der Waals surface area contributed by atoms with Crippen molar-refractivity contribution in [1.29, 1.82) is 0 Å². The second-order valence-corrected chi connectivity index (χ2v) is 6.75. The van der Waals surface area contributed by atoms with E-state index in [-0.39, 0.29) is 5.92 Å². The topological polar surface area (TPSA) is 20.3 Å². The molecule has 0 N–H and O–H groups in total. The molecule has 0 spiro atoms.